The van der Waals surface area contributed by atoms with Gasteiger partial charge in [0.05, 0.1) is 11.1 Å². The molecular weight excluding hydrogens is 351 g/mol. The smallest absolute Gasteiger partial charge is 0.335 e. The summed E-state index contributed by atoms with van der Waals surface area (Å²) in [6.45, 7) is 2.64. The van der Waals surface area contributed by atoms with Gasteiger partial charge in [-0.3, -0.25) is 9.59 Å². The number of rotatable bonds is 5. The van der Waals surface area contributed by atoms with Crippen molar-refractivity contribution < 1.29 is 23.9 Å². The number of aromatic carboxylic acids is 1. The third kappa shape index (κ3) is 3.81. The van der Waals surface area contributed by atoms with Gasteiger partial charge in [-0.25, -0.2) is 9.18 Å². The van der Waals surface area contributed by atoms with Gasteiger partial charge in [0.15, 0.2) is 0 Å². The molecule has 0 spiro atoms. The second-order valence-electron chi connectivity index (χ2n) is 6.34. The van der Waals surface area contributed by atoms with Crippen molar-refractivity contribution in [2.75, 3.05) is 16.8 Å². The summed E-state index contributed by atoms with van der Waals surface area (Å²) in [6, 6.07) is 8.38. The Labute approximate surface area is 155 Å². The molecule has 2 N–H and O–H groups in total. The molecule has 3 rings (SSSR count). The van der Waals surface area contributed by atoms with E-state index in [1.54, 1.807) is 23.1 Å². The maximum absolute atomic E-state index is 14.0. The Morgan fingerprint density at radius 2 is 1.96 bits per heavy atom. The normalized spacial score (nSPS) is 13.3. The number of hydrogen-bond donors (Lipinski definition) is 2. The third-order valence-corrected chi connectivity index (χ3v) is 4.45. The molecule has 1 aliphatic rings. The van der Waals surface area contributed by atoms with E-state index in [-0.39, 0.29) is 17.0 Å². The van der Waals surface area contributed by atoms with Gasteiger partial charge < -0.3 is 15.3 Å². The highest BCUT2D eigenvalue weighted by Crippen LogP contribution is 2.30. The average Bonchev–Trinajstić information content (AvgIpc) is 2.64. The number of carbonyl (C=O) groups is 3. The predicted molar refractivity (Wildman–Crippen MR) is 98.7 cm³/mol. The molecule has 1 heterocycles. The molecule has 2 aromatic rings. The minimum atomic E-state index is -1.26. The minimum Gasteiger partial charge on any atom is -0.478 e. The molecule has 0 unspecified atom stereocenters. The van der Waals surface area contributed by atoms with E-state index in [1.807, 2.05) is 6.92 Å². The second-order valence-corrected chi connectivity index (χ2v) is 6.34. The lowest BCUT2D eigenvalue weighted by molar-refractivity contribution is -0.118. The molecule has 0 aliphatic carbocycles. The summed E-state index contributed by atoms with van der Waals surface area (Å²) >= 11 is 0. The third-order valence-electron chi connectivity index (χ3n) is 4.45. The summed E-state index contributed by atoms with van der Waals surface area (Å²) in [4.78, 5) is 37.0. The number of fused-ring (bicyclic) bond motifs is 1. The Morgan fingerprint density at radius 1 is 1.19 bits per heavy atom. The molecule has 0 atom stereocenters. The SMILES string of the molecule is CCCN1C(=O)CCc2cc(NC(=O)c3ccc(C(=O)O)cc3F)ccc21. The van der Waals surface area contributed by atoms with Crippen LogP contribution in [0.1, 0.15) is 46.0 Å². The van der Waals surface area contributed by atoms with Crippen LogP contribution in [-0.4, -0.2) is 29.4 Å². The first-order chi connectivity index (χ1) is 12.9. The number of hydrogen-bond acceptors (Lipinski definition) is 3. The number of nitrogens with one attached hydrogen (secondary N) is 1. The highest BCUT2D eigenvalue weighted by atomic mass is 19.1. The van der Waals surface area contributed by atoms with Crippen molar-refractivity contribution in [3.63, 3.8) is 0 Å². The monoisotopic (exact) mass is 370 g/mol. The number of halogens is 1. The zero-order chi connectivity index (χ0) is 19.6. The Morgan fingerprint density at radius 3 is 2.63 bits per heavy atom. The van der Waals surface area contributed by atoms with Crippen LogP contribution in [0.4, 0.5) is 15.8 Å². The van der Waals surface area contributed by atoms with E-state index in [1.165, 1.54) is 6.07 Å². The van der Waals surface area contributed by atoms with Crippen molar-refractivity contribution in [3.05, 3.63) is 58.9 Å². The molecule has 7 heteroatoms. The summed E-state index contributed by atoms with van der Waals surface area (Å²) in [5.74, 6) is -2.74. The molecule has 0 saturated carbocycles. The first-order valence-electron chi connectivity index (χ1n) is 8.68. The van der Waals surface area contributed by atoms with E-state index >= 15 is 0 Å². The van der Waals surface area contributed by atoms with Gasteiger partial charge in [-0.15, -0.1) is 0 Å². The van der Waals surface area contributed by atoms with E-state index < -0.39 is 17.7 Å². The molecule has 2 aromatic carbocycles. The quantitative estimate of drug-likeness (QED) is 0.844. The number of aryl methyl sites for hydroxylation is 1. The molecule has 0 bridgehead atoms. The molecule has 0 radical (unpaired) electrons. The first kappa shape index (κ1) is 18.6. The Balaban J connectivity index is 1.81. The lowest BCUT2D eigenvalue weighted by Gasteiger charge is -2.29. The number of anilines is 2. The number of amides is 2. The summed E-state index contributed by atoms with van der Waals surface area (Å²) in [5.41, 5.74) is 1.82. The number of carboxylic acids is 1. The summed E-state index contributed by atoms with van der Waals surface area (Å²) in [6.07, 6.45) is 1.84. The van der Waals surface area contributed by atoms with Crippen LogP contribution in [0.15, 0.2) is 36.4 Å². The molecule has 27 heavy (non-hydrogen) atoms. The zero-order valence-electron chi connectivity index (χ0n) is 14.8. The minimum absolute atomic E-state index is 0.0849. The van der Waals surface area contributed by atoms with Gasteiger partial charge in [0.2, 0.25) is 5.91 Å². The van der Waals surface area contributed by atoms with Crippen LogP contribution < -0.4 is 10.2 Å². The van der Waals surface area contributed by atoms with Crippen molar-refractivity contribution in [2.45, 2.75) is 26.2 Å². The van der Waals surface area contributed by atoms with Crippen molar-refractivity contribution >= 4 is 29.2 Å². The summed E-state index contributed by atoms with van der Waals surface area (Å²) in [5, 5.41) is 11.5. The Bertz CT molecular complexity index is 926. The lowest BCUT2D eigenvalue weighted by atomic mass is 10.00. The van der Waals surface area contributed by atoms with Crippen LogP contribution in [-0.2, 0) is 11.2 Å². The van der Waals surface area contributed by atoms with Crippen LogP contribution in [0.2, 0.25) is 0 Å². The molecule has 140 valence electrons. The molecule has 2 amide bonds. The van der Waals surface area contributed by atoms with Gasteiger partial charge in [-0.2, -0.15) is 0 Å². The van der Waals surface area contributed by atoms with Crippen LogP contribution in [0.5, 0.6) is 0 Å². The highest BCUT2D eigenvalue weighted by molar-refractivity contribution is 6.05. The molecule has 1 aliphatic heterocycles. The van der Waals surface area contributed by atoms with Gasteiger partial charge in [0.1, 0.15) is 5.82 Å². The Kier molecular flexibility index (Phi) is 5.21. The second kappa shape index (κ2) is 7.57. The molecule has 0 aromatic heterocycles. The maximum atomic E-state index is 14.0. The zero-order valence-corrected chi connectivity index (χ0v) is 14.8. The van der Waals surface area contributed by atoms with Crippen LogP contribution >= 0.6 is 0 Å². The van der Waals surface area contributed by atoms with Gasteiger partial charge in [-0.05, 0) is 54.8 Å². The number of nitrogens with zero attached hydrogens (tertiary/aromatic N) is 1. The van der Waals surface area contributed by atoms with Crippen molar-refractivity contribution in [1.82, 2.24) is 0 Å². The van der Waals surface area contributed by atoms with Crippen LogP contribution in [0.25, 0.3) is 0 Å². The van der Waals surface area contributed by atoms with Gasteiger partial charge in [0.25, 0.3) is 5.91 Å². The molecule has 0 fully saturated rings. The van der Waals surface area contributed by atoms with Gasteiger partial charge in [0, 0.05) is 24.3 Å². The summed E-state index contributed by atoms with van der Waals surface area (Å²) < 4.78 is 14.0. The van der Waals surface area contributed by atoms with E-state index in [0.717, 1.165) is 29.8 Å². The van der Waals surface area contributed by atoms with Gasteiger partial charge >= 0.3 is 5.97 Å². The number of benzene rings is 2. The van der Waals surface area contributed by atoms with E-state index in [0.29, 0.717) is 25.1 Å². The van der Waals surface area contributed by atoms with E-state index in [2.05, 4.69) is 5.32 Å². The average molecular weight is 370 g/mol. The largest absolute Gasteiger partial charge is 0.478 e. The number of carbonyl (C=O) groups excluding carboxylic acids is 2. The molecule has 6 nitrogen and oxygen atoms in total. The van der Waals surface area contributed by atoms with Crippen LogP contribution in [0, 0.1) is 5.82 Å². The Hall–Kier alpha value is -3.22. The topological polar surface area (TPSA) is 86.7 Å². The van der Waals surface area contributed by atoms with Crippen molar-refractivity contribution in [2.24, 2.45) is 0 Å². The predicted octanol–water partition coefficient (Wildman–Crippen LogP) is 3.47. The van der Waals surface area contributed by atoms with E-state index in [9.17, 15) is 18.8 Å². The lowest BCUT2D eigenvalue weighted by Crippen LogP contribution is -2.35. The fraction of sp³-hybridized carbons (Fsp3) is 0.250. The van der Waals surface area contributed by atoms with E-state index in [4.69, 9.17) is 5.11 Å². The van der Waals surface area contributed by atoms with Crippen molar-refractivity contribution in [1.29, 1.82) is 0 Å². The standard InChI is InChI=1S/C20H19FN2O4/c1-2-9-23-17-7-5-14(10-12(17)4-8-18(23)24)22-19(25)15-6-3-13(20(26)27)11-16(15)21/h3,5-7,10-11H,2,4,8-9H2,1H3,(H,22,25)(H,26,27). The van der Waals surface area contributed by atoms with Gasteiger partial charge in [-0.1, -0.05) is 6.92 Å². The number of carboxylic acid groups (broad SMARTS) is 1. The van der Waals surface area contributed by atoms with Crippen molar-refractivity contribution in [3.8, 4) is 0 Å². The maximum Gasteiger partial charge on any atom is 0.335 e. The molecular formula is C20H19FN2O4. The summed E-state index contributed by atoms with van der Waals surface area (Å²) in [7, 11) is 0. The van der Waals surface area contributed by atoms with Crippen LogP contribution in [0.3, 0.4) is 0 Å². The molecule has 0 saturated heterocycles. The first-order valence-corrected chi connectivity index (χ1v) is 8.68. The highest BCUT2D eigenvalue weighted by Gasteiger charge is 2.24. The fourth-order valence-electron chi connectivity index (χ4n) is 3.14. The fourth-order valence-corrected chi connectivity index (χ4v) is 3.14.